The van der Waals surface area contributed by atoms with Crippen molar-refractivity contribution in [2.24, 2.45) is 7.05 Å². The van der Waals surface area contributed by atoms with Crippen molar-refractivity contribution in [1.82, 2.24) is 19.4 Å². The molecule has 2 aromatic heterocycles. The number of nitrogens with one attached hydrogen (secondary N) is 1. The predicted octanol–water partition coefficient (Wildman–Crippen LogP) is 1.97. The highest BCUT2D eigenvalue weighted by atomic mass is 15.0. The molecule has 0 aliphatic rings. The lowest BCUT2D eigenvalue weighted by Gasteiger charge is -2.06. The quantitative estimate of drug-likeness (QED) is 0.783. The number of imidazole rings is 1. The van der Waals surface area contributed by atoms with Gasteiger partial charge in [0.2, 0.25) is 0 Å². The molecule has 0 atom stereocenters. The largest absolute Gasteiger partial charge is 0.340 e. The maximum absolute atomic E-state index is 8.99. The van der Waals surface area contributed by atoms with E-state index in [1.807, 2.05) is 36.4 Å². The van der Waals surface area contributed by atoms with E-state index in [-0.39, 0.29) is 0 Å². The average Bonchev–Trinajstić information content (AvgIpc) is 3.05. The molecule has 5 nitrogen and oxygen atoms in total. The third-order valence-corrected chi connectivity index (χ3v) is 3.65. The van der Waals surface area contributed by atoms with Gasteiger partial charge in [-0.15, -0.1) is 0 Å². The molecule has 106 valence electrons. The Morgan fingerprint density at radius 3 is 2.90 bits per heavy atom. The fourth-order valence-corrected chi connectivity index (χ4v) is 2.24. The lowest BCUT2D eigenvalue weighted by molar-refractivity contribution is 0.567. The Morgan fingerprint density at radius 2 is 2.25 bits per heavy atom. The van der Waals surface area contributed by atoms with Crippen LogP contribution in [0.1, 0.15) is 29.8 Å². The summed E-state index contributed by atoms with van der Waals surface area (Å²) in [5, 5.41) is 12.4. The summed E-state index contributed by atoms with van der Waals surface area (Å²) in [5.41, 5.74) is 3.09. The Kier molecular flexibility index (Phi) is 4.97. The van der Waals surface area contributed by atoms with E-state index in [4.69, 9.17) is 5.26 Å². The molecule has 2 heterocycles. The van der Waals surface area contributed by atoms with Crippen LogP contribution in [-0.2, 0) is 20.1 Å². The Morgan fingerprint density at radius 1 is 1.40 bits per heavy atom. The summed E-state index contributed by atoms with van der Waals surface area (Å²) in [7, 11) is 1.93. The summed E-state index contributed by atoms with van der Waals surface area (Å²) in [5.74, 6) is 0. The molecule has 0 aliphatic heterocycles. The van der Waals surface area contributed by atoms with Crippen molar-refractivity contribution in [3.8, 4) is 6.07 Å². The van der Waals surface area contributed by atoms with Gasteiger partial charge >= 0.3 is 0 Å². The van der Waals surface area contributed by atoms with Crippen LogP contribution in [0, 0.1) is 18.3 Å². The van der Waals surface area contributed by atoms with Gasteiger partial charge in [-0.25, -0.2) is 4.98 Å². The minimum atomic E-state index is 0.722. The Balaban J connectivity index is 1.67. The number of nitriles is 1. The Hall–Kier alpha value is -2.06. The fourth-order valence-electron chi connectivity index (χ4n) is 2.24. The van der Waals surface area contributed by atoms with Crippen LogP contribution >= 0.6 is 0 Å². The first-order valence-corrected chi connectivity index (χ1v) is 6.94. The molecule has 0 fully saturated rings. The third kappa shape index (κ3) is 3.49. The third-order valence-electron chi connectivity index (χ3n) is 3.65. The number of aryl methyl sites for hydroxylation is 1. The standard InChI is InChI=1S/C15H21N5/c1-13-14(9-15(10-16)19(13)2)11-17-5-3-4-7-20-8-6-18-12-20/h6,8-9,12,17H,3-5,7,11H2,1-2H3. The number of nitrogens with zero attached hydrogens (tertiary/aromatic N) is 4. The minimum absolute atomic E-state index is 0.722. The summed E-state index contributed by atoms with van der Waals surface area (Å²) >= 11 is 0. The zero-order valence-corrected chi connectivity index (χ0v) is 12.1. The van der Waals surface area contributed by atoms with Crippen LogP contribution in [0.5, 0.6) is 0 Å². The summed E-state index contributed by atoms with van der Waals surface area (Å²) in [6.07, 6.45) is 7.92. The first kappa shape index (κ1) is 14.4. The number of hydrogen-bond donors (Lipinski definition) is 1. The maximum atomic E-state index is 8.99. The molecule has 0 saturated carbocycles. The van der Waals surface area contributed by atoms with Crippen LogP contribution in [0.3, 0.4) is 0 Å². The topological polar surface area (TPSA) is 58.6 Å². The van der Waals surface area contributed by atoms with Crippen LogP contribution in [0.4, 0.5) is 0 Å². The number of rotatable bonds is 7. The minimum Gasteiger partial charge on any atom is -0.340 e. The van der Waals surface area contributed by atoms with E-state index >= 15 is 0 Å². The zero-order chi connectivity index (χ0) is 14.4. The van der Waals surface area contributed by atoms with Gasteiger partial charge in [0, 0.05) is 38.2 Å². The van der Waals surface area contributed by atoms with E-state index in [1.54, 1.807) is 0 Å². The van der Waals surface area contributed by atoms with Gasteiger partial charge in [0.15, 0.2) is 0 Å². The number of unbranched alkanes of at least 4 members (excludes halogenated alkanes) is 1. The van der Waals surface area contributed by atoms with Crippen LogP contribution in [-0.4, -0.2) is 20.7 Å². The van der Waals surface area contributed by atoms with E-state index in [0.29, 0.717) is 0 Å². The van der Waals surface area contributed by atoms with E-state index < -0.39 is 0 Å². The molecule has 2 aromatic rings. The van der Waals surface area contributed by atoms with E-state index in [9.17, 15) is 0 Å². The molecule has 5 heteroatoms. The van der Waals surface area contributed by atoms with Gasteiger partial charge in [0.25, 0.3) is 0 Å². The van der Waals surface area contributed by atoms with Gasteiger partial charge in [0.1, 0.15) is 11.8 Å². The van der Waals surface area contributed by atoms with Crippen molar-refractivity contribution in [2.75, 3.05) is 6.54 Å². The lowest BCUT2D eigenvalue weighted by Crippen LogP contribution is -2.15. The molecule has 20 heavy (non-hydrogen) atoms. The molecule has 0 spiro atoms. The van der Waals surface area contributed by atoms with Gasteiger partial charge in [-0.3, -0.25) is 0 Å². The second kappa shape index (κ2) is 6.92. The molecule has 0 aromatic carbocycles. The Bertz CT molecular complexity index is 574. The summed E-state index contributed by atoms with van der Waals surface area (Å²) in [6.45, 7) is 4.89. The van der Waals surface area contributed by atoms with Gasteiger partial charge in [-0.05, 0) is 37.9 Å². The second-order valence-electron chi connectivity index (χ2n) is 5.00. The molecular weight excluding hydrogens is 250 g/mol. The number of hydrogen-bond acceptors (Lipinski definition) is 3. The monoisotopic (exact) mass is 271 g/mol. The summed E-state index contributed by atoms with van der Waals surface area (Å²) in [4.78, 5) is 4.02. The van der Waals surface area contributed by atoms with Crippen LogP contribution in [0.25, 0.3) is 0 Å². The maximum Gasteiger partial charge on any atom is 0.120 e. The first-order chi connectivity index (χ1) is 9.72. The second-order valence-corrected chi connectivity index (χ2v) is 5.00. The van der Waals surface area contributed by atoms with Crippen molar-refractivity contribution in [1.29, 1.82) is 5.26 Å². The number of aromatic nitrogens is 3. The lowest BCUT2D eigenvalue weighted by atomic mass is 10.2. The van der Waals surface area contributed by atoms with Gasteiger partial charge in [-0.1, -0.05) is 0 Å². The van der Waals surface area contributed by atoms with Crippen molar-refractivity contribution >= 4 is 0 Å². The van der Waals surface area contributed by atoms with Crippen molar-refractivity contribution in [3.05, 3.63) is 41.7 Å². The van der Waals surface area contributed by atoms with Gasteiger partial charge in [0.05, 0.1) is 6.33 Å². The summed E-state index contributed by atoms with van der Waals surface area (Å²) < 4.78 is 4.04. The van der Waals surface area contributed by atoms with Crippen LogP contribution < -0.4 is 5.32 Å². The van der Waals surface area contributed by atoms with E-state index in [1.165, 1.54) is 5.56 Å². The van der Waals surface area contributed by atoms with Crippen molar-refractivity contribution in [3.63, 3.8) is 0 Å². The van der Waals surface area contributed by atoms with Crippen molar-refractivity contribution < 1.29 is 0 Å². The van der Waals surface area contributed by atoms with Gasteiger partial charge in [-0.2, -0.15) is 5.26 Å². The van der Waals surface area contributed by atoms with E-state index in [2.05, 4.69) is 27.9 Å². The zero-order valence-electron chi connectivity index (χ0n) is 12.1. The molecule has 0 unspecified atom stereocenters. The van der Waals surface area contributed by atoms with Crippen molar-refractivity contribution in [2.45, 2.75) is 32.9 Å². The summed E-state index contributed by atoms with van der Waals surface area (Å²) in [6, 6.07) is 4.18. The average molecular weight is 271 g/mol. The van der Waals surface area contributed by atoms with Crippen LogP contribution in [0.15, 0.2) is 24.8 Å². The highest BCUT2D eigenvalue weighted by Crippen LogP contribution is 2.12. The molecular formula is C15H21N5. The molecule has 1 N–H and O–H groups in total. The molecule has 2 rings (SSSR count). The fraction of sp³-hybridized carbons (Fsp3) is 0.467. The molecule has 0 bridgehead atoms. The first-order valence-electron chi connectivity index (χ1n) is 6.94. The molecule has 0 saturated heterocycles. The normalized spacial score (nSPS) is 10.7. The molecule has 0 aliphatic carbocycles. The predicted molar refractivity (Wildman–Crippen MR) is 78.0 cm³/mol. The molecule has 0 radical (unpaired) electrons. The molecule has 0 amide bonds. The SMILES string of the molecule is Cc1c(CNCCCCn2ccnc2)cc(C#N)n1C. The highest BCUT2D eigenvalue weighted by molar-refractivity contribution is 5.33. The van der Waals surface area contributed by atoms with E-state index in [0.717, 1.165) is 43.9 Å². The highest BCUT2D eigenvalue weighted by Gasteiger charge is 2.07. The van der Waals surface area contributed by atoms with Gasteiger partial charge < -0.3 is 14.5 Å². The van der Waals surface area contributed by atoms with Crippen LogP contribution in [0.2, 0.25) is 0 Å². The Labute approximate surface area is 119 Å². The smallest absolute Gasteiger partial charge is 0.120 e.